The molecule has 0 saturated carbocycles. The van der Waals surface area contributed by atoms with E-state index < -0.39 is 22.0 Å². The Morgan fingerprint density at radius 1 is 1.00 bits per heavy atom. The van der Waals surface area contributed by atoms with Gasteiger partial charge in [0.25, 0.3) is 0 Å². The molecule has 1 amide bonds. The Morgan fingerprint density at radius 2 is 1.59 bits per heavy atom. The van der Waals surface area contributed by atoms with Crippen LogP contribution in [0.2, 0.25) is 5.02 Å². The Morgan fingerprint density at radius 3 is 2.10 bits per heavy atom. The lowest BCUT2D eigenvalue weighted by Gasteiger charge is -2.28. The number of hydrogen-bond acceptors (Lipinski definition) is 6. The Hall–Kier alpha value is -2.65. The molecule has 0 aliphatic carbocycles. The van der Waals surface area contributed by atoms with Crippen LogP contribution in [-0.4, -0.2) is 48.0 Å². The number of sulfonamides is 1. The molecule has 2 aromatic carbocycles. The predicted molar refractivity (Wildman–Crippen MR) is 113 cm³/mol. The minimum atomic E-state index is -3.79. The van der Waals surface area contributed by atoms with E-state index >= 15 is 0 Å². The molecule has 1 atom stereocenters. The lowest BCUT2D eigenvalue weighted by molar-refractivity contribution is -0.116. The predicted octanol–water partition coefficient (Wildman–Crippen LogP) is 3.16. The molecule has 0 fully saturated rings. The molecule has 29 heavy (non-hydrogen) atoms. The zero-order chi connectivity index (χ0) is 21.8. The van der Waals surface area contributed by atoms with E-state index in [-0.39, 0.29) is 5.69 Å². The van der Waals surface area contributed by atoms with Gasteiger partial charge in [0.05, 0.1) is 38.3 Å². The summed E-state index contributed by atoms with van der Waals surface area (Å²) in [7, 11) is 0.608. The summed E-state index contributed by atoms with van der Waals surface area (Å²) in [4.78, 5) is 12.8. The van der Waals surface area contributed by atoms with E-state index in [1.807, 2.05) is 0 Å². The van der Waals surface area contributed by atoms with E-state index in [1.165, 1.54) is 46.5 Å². The minimum absolute atomic E-state index is 0.264. The molecule has 0 aliphatic heterocycles. The van der Waals surface area contributed by atoms with E-state index in [2.05, 4.69) is 5.32 Å². The largest absolute Gasteiger partial charge is 0.495 e. The van der Waals surface area contributed by atoms with Crippen molar-refractivity contribution in [2.24, 2.45) is 0 Å². The monoisotopic (exact) mass is 442 g/mol. The van der Waals surface area contributed by atoms with Gasteiger partial charge in [-0.3, -0.25) is 9.10 Å². The molecule has 0 unspecified atom stereocenters. The Kier molecular flexibility index (Phi) is 7.21. The molecule has 0 heterocycles. The highest BCUT2D eigenvalue weighted by molar-refractivity contribution is 7.92. The van der Waals surface area contributed by atoms with Crippen molar-refractivity contribution >= 4 is 38.9 Å². The van der Waals surface area contributed by atoms with Crippen molar-refractivity contribution in [1.29, 1.82) is 0 Å². The van der Waals surface area contributed by atoms with Crippen LogP contribution < -0.4 is 23.8 Å². The van der Waals surface area contributed by atoms with Crippen LogP contribution in [0, 0.1) is 0 Å². The Labute approximate surface area is 175 Å². The average molecular weight is 443 g/mol. The summed E-state index contributed by atoms with van der Waals surface area (Å²) in [5.41, 5.74) is 0.675. The lowest BCUT2D eigenvalue weighted by Crippen LogP contribution is -2.45. The van der Waals surface area contributed by atoms with Gasteiger partial charge in [-0.2, -0.15) is 0 Å². The van der Waals surface area contributed by atoms with Crippen molar-refractivity contribution in [2.45, 2.75) is 13.0 Å². The molecule has 158 valence electrons. The van der Waals surface area contributed by atoms with Gasteiger partial charge in [0.1, 0.15) is 11.8 Å². The molecule has 0 bridgehead atoms. The van der Waals surface area contributed by atoms with Gasteiger partial charge in [0.2, 0.25) is 15.9 Å². The minimum Gasteiger partial charge on any atom is -0.495 e. The third kappa shape index (κ3) is 5.24. The van der Waals surface area contributed by atoms with Crippen LogP contribution >= 0.6 is 11.6 Å². The molecule has 10 heteroatoms. The zero-order valence-electron chi connectivity index (χ0n) is 16.7. The number of ether oxygens (including phenoxy) is 3. The highest BCUT2D eigenvalue weighted by atomic mass is 35.5. The highest BCUT2D eigenvalue weighted by Crippen LogP contribution is 2.33. The standard InChI is InChI=1S/C19H23ClN2O6S/c1-12(19(23)21-13-6-8-16(26-2)15(20)10-13)22(29(5,24)25)14-7-9-17(27-3)18(11-14)28-4/h6-12H,1-5H3,(H,21,23)/t12-/m0/s1. The number of methoxy groups -OCH3 is 3. The quantitative estimate of drug-likeness (QED) is 0.674. The van der Waals surface area contributed by atoms with E-state index in [0.29, 0.717) is 28.0 Å². The van der Waals surface area contributed by atoms with E-state index in [1.54, 1.807) is 18.2 Å². The summed E-state index contributed by atoms with van der Waals surface area (Å²) in [6.45, 7) is 1.48. The number of anilines is 2. The van der Waals surface area contributed by atoms with Crippen molar-refractivity contribution in [3.8, 4) is 17.2 Å². The first-order chi connectivity index (χ1) is 13.6. The van der Waals surface area contributed by atoms with Gasteiger partial charge in [-0.15, -0.1) is 0 Å². The van der Waals surface area contributed by atoms with Crippen molar-refractivity contribution < 1.29 is 27.4 Å². The van der Waals surface area contributed by atoms with Gasteiger partial charge in [0, 0.05) is 11.8 Å². The average Bonchev–Trinajstić information content (AvgIpc) is 2.66. The molecule has 2 rings (SSSR count). The van der Waals surface area contributed by atoms with E-state index in [4.69, 9.17) is 25.8 Å². The molecule has 0 aliphatic rings. The third-order valence-corrected chi connectivity index (χ3v) is 5.67. The Balaban J connectivity index is 2.35. The summed E-state index contributed by atoms with van der Waals surface area (Å²) in [5.74, 6) is 0.704. The number of carbonyl (C=O) groups excluding carboxylic acids is 1. The molecular formula is C19H23ClN2O6S. The summed E-state index contributed by atoms with van der Waals surface area (Å²) in [6.07, 6.45) is 1.03. The van der Waals surface area contributed by atoms with Crippen LogP contribution in [0.3, 0.4) is 0 Å². The number of nitrogens with one attached hydrogen (secondary N) is 1. The number of benzene rings is 2. The second-order valence-electron chi connectivity index (χ2n) is 6.11. The number of nitrogens with zero attached hydrogens (tertiary/aromatic N) is 1. The van der Waals surface area contributed by atoms with Crippen LogP contribution in [0.25, 0.3) is 0 Å². The second kappa shape index (κ2) is 9.23. The van der Waals surface area contributed by atoms with Gasteiger partial charge >= 0.3 is 0 Å². The fraction of sp³-hybridized carbons (Fsp3) is 0.316. The fourth-order valence-corrected chi connectivity index (χ4v) is 4.19. The van der Waals surface area contributed by atoms with Crippen LogP contribution in [0.15, 0.2) is 36.4 Å². The van der Waals surface area contributed by atoms with Crippen molar-refractivity contribution in [1.82, 2.24) is 0 Å². The first kappa shape index (κ1) is 22.6. The van der Waals surface area contributed by atoms with Gasteiger partial charge in [-0.25, -0.2) is 8.42 Å². The van der Waals surface area contributed by atoms with Gasteiger partial charge < -0.3 is 19.5 Å². The maximum atomic E-state index is 12.8. The maximum absolute atomic E-state index is 12.8. The smallest absolute Gasteiger partial charge is 0.247 e. The van der Waals surface area contributed by atoms with Gasteiger partial charge in [-0.1, -0.05) is 11.6 Å². The SMILES string of the molecule is COc1ccc(NC(=O)[C@H](C)N(c2ccc(OC)c(OC)c2)S(C)(=O)=O)cc1Cl. The molecular weight excluding hydrogens is 420 g/mol. The first-order valence-electron chi connectivity index (χ1n) is 8.48. The van der Waals surface area contributed by atoms with E-state index in [0.717, 1.165) is 10.6 Å². The van der Waals surface area contributed by atoms with Crippen LogP contribution in [0.5, 0.6) is 17.2 Å². The highest BCUT2D eigenvalue weighted by Gasteiger charge is 2.30. The summed E-state index contributed by atoms with van der Waals surface area (Å²) < 4.78 is 41.4. The van der Waals surface area contributed by atoms with Crippen LogP contribution in [-0.2, 0) is 14.8 Å². The molecule has 0 aromatic heterocycles. The molecule has 0 radical (unpaired) electrons. The summed E-state index contributed by atoms with van der Waals surface area (Å²) in [6, 6.07) is 8.28. The van der Waals surface area contributed by atoms with Crippen molar-refractivity contribution in [3.05, 3.63) is 41.4 Å². The first-order valence-corrected chi connectivity index (χ1v) is 10.7. The summed E-state index contributed by atoms with van der Waals surface area (Å²) in [5, 5.41) is 2.98. The van der Waals surface area contributed by atoms with Crippen LogP contribution in [0.1, 0.15) is 6.92 Å². The third-order valence-electron chi connectivity index (χ3n) is 4.13. The molecule has 1 N–H and O–H groups in total. The fourth-order valence-electron chi connectivity index (χ4n) is 2.76. The van der Waals surface area contributed by atoms with Crippen molar-refractivity contribution in [2.75, 3.05) is 37.2 Å². The number of carbonyl (C=O) groups is 1. The molecule has 0 spiro atoms. The normalized spacial score (nSPS) is 12.1. The van der Waals surface area contributed by atoms with Crippen molar-refractivity contribution in [3.63, 3.8) is 0 Å². The Bertz CT molecular complexity index is 996. The molecule has 2 aromatic rings. The maximum Gasteiger partial charge on any atom is 0.247 e. The summed E-state index contributed by atoms with van der Waals surface area (Å²) >= 11 is 6.08. The zero-order valence-corrected chi connectivity index (χ0v) is 18.3. The second-order valence-corrected chi connectivity index (χ2v) is 8.38. The molecule has 8 nitrogen and oxygen atoms in total. The number of hydrogen-bond donors (Lipinski definition) is 1. The van der Waals surface area contributed by atoms with Crippen LogP contribution in [0.4, 0.5) is 11.4 Å². The lowest BCUT2D eigenvalue weighted by atomic mass is 10.2. The van der Waals surface area contributed by atoms with Gasteiger partial charge in [0.15, 0.2) is 11.5 Å². The number of amides is 1. The number of halogens is 1. The molecule has 0 saturated heterocycles. The van der Waals surface area contributed by atoms with Gasteiger partial charge in [-0.05, 0) is 37.3 Å². The number of rotatable bonds is 8. The van der Waals surface area contributed by atoms with E-state index in [9.17, 15) is 13.2 Å². The topological polar surface area (TPSA) is 94.2 Å².